The lowest BCUT2D eigenvalue weighted by Gasteiger charge is -1.83. The molecule has 4 heteroatoms. The van der Waals surface area contributed by atoms with E-state index in [1.807, 2.05) is 5.16 Å². The van der Waals surface area contributed by atoms with E-state index < -0.39 is 5.91 Å². The number of aliphatic imine (C=N–C) groups is 1. The van der Waals surface area contributed by atoms with Crippen molar-refractivity contribution in [3.63, 3.8) is 0 Å². The number of furan rings is 1. The molecule has 1 amide bonds. The Hall–Kier alpha value is -1.25. The summed E-state index contributed by atoms with van der Waals surface area (Å²) in [7, 11) is 0. The van der Waals surface area contributed by atoms with Crippen LogP contribution in [0.3, 0.4) is 0 Å². The van der Waals surface area contributed by atoms with E-state index in [0.717, 1.165) is 0 Å². The van der Waals surface area contributed by atoms with Gasteiger partial charge in [-0.3, -0.25) is 4.79 Å². The predicted octanol–water partition coefficient (Wildman–Crippen LogP) is 1.83. The summed E-state index contributed by atoms with van der Waals surface area (Å²) in [6, 6.07) is 3.24. The number of thiocarbonyl (C=S) groups is 1. The fourth-order valence-electron chi connectivity index (χ4n) is 0.646. The van der Waals surface area contributed by atoms with Gasteiger partial charge in [0.2, 0.25) is 0 Å². The van der Waals surface area contributed by atoms with Crippen molar-refractivity contribution >= 4 is 23.3 Å². The lowest BCUT2D eigenvalue weighted by Crippen LogP contribution is -1.89. The van der Waals surface area contributed by atoms with Gasteiger partial charge in [-0.2, -0.15) is 0 Å². The lowest BCUT2D eigenvalue weighted by atomic mass is 10.4. The summed E-state index contributed by atoms with van der Waals surface area (Å²) in [4.78, 5) is 14.1. The van der Waals surface area contributed by atoms with Crippen LogP contribution in [0.25, 0.3) is 0 Å². The average molecular weight is 167 g/mol. The molecular formula is C7H5NO2S. The molecule has 0 bridgehead atoms. The molecule has 0 saturated heterocycles. The fourth-order valence-corrected chi connectivity index (χ4v) is 0.729. The van der Waals surface area contributed by atoms with Gasteiger partial charge >= 0.3 is 5.91 Å². The van der Waals surface area contributed by atoms with Crippen LogP contribution in [0, 0.1) is 6.92 Å². The molecule has 0 saturated carbocycles. The van der Waals surface area contributed by atoms with Gasteiger partial charge in [-0.15, -0.1) is 4.99 Å². The van der Waals surface area contributed by atoms with Crippen LogP contribution < -0.4 is 0 Å². The summed E-state index contributed by atoms with van der Waals surface area (Å²) in [5.41, 5.74) is 0. The Morgan fingerprint density at radius 2 is 2.45 bits per heavy atom. The van der Waals surface area contributed by atoms with Gasteiger partial charge in [0, 0.05) is 0 Å². The van der Waals surface area contributed by atoms with Crippen LogP contribution in [0.1, 0.15) is 16.3 Å². The first kappa shape index (κ1) is 7.85. The number of carbonyl (C=O) groups excluding carboxylic acids is 1. The monoisotopic (exact) mass is 167 g/mol. The second-order valence-corrected chi connectivity index (χ2v) is 2.10. The Morgan fingerprint density at radius 1 is 1.73 bits per heavy atom. The van der Waals surface area contributed by atoms with Crippen LogP contribution in [-0.4, -0.2) is 11.1 Å². The SMILES string of the molecule is Cc1ccc(C(=O)N=C=S)o1. The van der Waals surface area contributed by atoms with Crippen molar-refractivity contribution in [2.75, 3.05) is 0 Å². The molecule has 1 rings (SSSR count). The van der Waals surface area contributed by atoms with Crippen molar-refractivity contribution in [1.82, 2.24) is 0 Å². The summed E-state index contributed by atoms with van der Waals surface area (Å²) in [5, 5.41) is 1.97. The maximum atomic E-state index is 10.9. The van der Waals surface area contributed by atoms with E-state index in [4.69, 9.17) is 4.42 Å². The second kappa shape index (κ2) is 3.23. The zero-order chi connectivity index (χ0) is 8.27. The first-order chi connectivity index (χ1) is 5.24. The topological polar surface area (TPSA) is 42.6 Å². The minimum Gasteiger partial charge on any atom is -0.456 e. The van der Waals surface area contributed by atoms with Gasteiger partial charge in [0.15, 0.2) is 5.76 Å². The molecule has 1 heterocycles. The Balaban J connectivity index is 2.93. The first-order valence-electron chi connectivity index (χ1n) is 2.92. The molecular weight excluding hydrogens is 162 g/mol. The Labute approximate surface area is 68.7 Å². The van der Waals surface area contributed by atoms with Gasteiger partial charge in [0.1, 0.15) is 5.76 Å². The smallest absolute Gasteiger partial charge is 0.321 e. The van der Waals surface area contributed by atoms with E-state index in [1.165, 1.54) is 0 Å². The Bertz CT molecular complexity index is 323. The summed E-state index contributed by atoms with van der Waals surface area (Å²) < 4.78 is 4.97. The number of isothiocyanates is 1. The van der Waals surface area contributed by atoms with Crippen LogP contribution in [0.5, 0.6) is 0 Å². The standard InChI is InChI=1S/C7H5NO2S/c1-5-2-3-6(10-5)7(9)8-4-11/h2-3H,1H3. The summed E-state index contributed by atoms with van der Waals surface area (Å²) >= 11 is 4.26. The minimum atomic E-state index is -0.492. The summed E-state index contributed by atoms with van der Waals surface area (Å²) in [6.07, 6.45) is 0. The average Bonchev–Trinajstić information content (AvgIpc) is 2.36. The van der Waals surface area contributed by atoms with Crippen LogP contribution in [0.15, 0.2) is 21.5 Å². The van der Waals surface area contributed by atoms with Crippen molar-refractivity contribution in [2.45, 2.75) is 6.92 Å². The molecule has 0 fully saturated rings. The van der Waals surface area contributed by atoms with Crippen LogP contribution in [-0.2, 0) is 0 Å². The molecule has 1 aromatic heterocycles. The number of hydrogen-bond donors (Lipinski definition) is 0. The molecule has 11 heavy (non-hydrogen) atoms. The molecule has 0 atom stereocenters. The number of aryl methyl sites for hydroxylation is 1. The number of amides is 1. The third kappa shape index (κ3) is 1.83. The molecule has 0 N–H and O–H groups in total. The van der Waals surface area contributed by atoms with Gasteiger partial charge in [0.05, 0.1) is 5.16 Å². The molecule has 0 radical (unpaired) electrons. The maximum absolute atomic E-state index is 10.9. The Kier molecular flexibility index (Phi) is 2.31. The molecule has 0 aromatic carbocycles. The number of nitrogens with zero attached hydrogens (tertiary/aromatic N) is 1. The van der Waals surface area contributed by atoms with E-state index in [2.05, 4.69) is 17.2 Å². The third-order valence-electron chi connectivity index (χ3n) is 1.10. The predicted molar refractivity (Wildman–Crippen MR) is 42.8 cm³/mol. The highest BCUT2D eigenvalue weighted by molar-refractivity contribution is 7.78. The zero-order valence-electron chi connectivity index (χ0n) is 5.83. The van der Waals surface area contributed by atoms with E-state index in [0.29, 0.717) is 5.76 Å². The second-order valence-electron chi connectivity index (χ2n) is 1.92. The lowest BCUT2D eigenvalue weighted by molar-refractivity contribution is 0.0976. The number of rotatable bonds is 1. The van der Waals surface area contributed by atoms with E-state index in [9.17, 15) is 4.79 Å². The normalized spacial score (nSPS) is 8.82. The first-order valence-corrected chi connectivity index (χ1v) is 3.33. The van der Waals surface area contributed by atoms with Crippen LogP contribution in [0.4, 0.5) is 0 Å². The van der Waals surface area contributed by atoms with Crippen molar-refractivity contribution in [3.05, 3.63) is 23.7 Å². The fraction of sp³-hybridized carbons (Fsp3) is 0.143. The van der Waals surface area contributed by atoms with Gasteiger partial charge in [0.25, 0.3) is 0 Å². The molecule has 3 nitrogen and oxygen atoms in total. The minimum absolute atomic E-state index is 0.194. The molecule has 0 unspecified atom stereocenters. The van der Waals surface area contributed by atoms with Gasteiger partial charge < -0.3 is 4.42 Å². The van der Waals surface area contributed by atoms with Crippen molar-refractivity contribution in [1.29, 1.82) is 0 Å². The van der Waals surface area contributed by atoms with E-state index in [-0.39, 0.29) is 5.76 Å². The maximum Gasteiger partial charge on any atom is 0.321 e. The van der Waals surface area contributed by atoms with Crippen LogP contribution in [0.2, 0.25) is 0 Å². The van der Waals surface area contributed by atoms with Crippen LogP contribution >= 0.6 is 12.2 Å². The summed E-state index contributed by atoms with van der Waals surface area (Å²) in [6.45, 7) is 1.75. The molecule has 56 valence electrons. The quantitative estimate of drug-likeness (QED) is 0.473. The molecule has 0 aliphatic carbocycles. The molecule has 0 aliphatic heterocycles. The van der Waals surface area contributed by atoms with Gasteiger partial charge in [-0.1, -0.05) is 0 Å². The van der Waals surface area contributed by atoms with Gasteiger partial charge in [-0.25, -0.2) is 0 Å². The zero-order valence-corrected chi connectivity index (χ0v) is 6.64. The number of carbonyl (C=O) groups is 1. The Morgan fingerprint density at radius 3 is 2.91 bits per heavy atom. The highest BCUT2D eigenvalue weighted by atomic mass is 32.1. The van der Waals surface area contributed by atoms with Crippen molar-refractivity contribution < 1.29 is 9.21 Å². The number of hydrogen-bond acceptors (Lipinski definition) is 3. The largest absolute Gasteiger partial charge is 0.456 e. The van der Waals surface area contributed by atoms with E-state index >= 15 is 0 Å². The summed E-state index contributed by atoms with van der Waals surface area (Å²) in [5.74, 6) is 0.376. The van der Waals surface area contributed by atoms with E-state index in [1.54, 1.807) is 19.1 Å². The van der Waals surface area contributed by atoms with Crippen molar-refractivity contribution in [2.24, 2.45) is 4.99 Å². The highest BCUT2D eigenvalue weighted by Gasteiger charge is 2.06. The molecule has 1 aromatic rings. The highest BCUT2D eigenvalue weighted by Crippen LogP contribution is 2.06. The van der Waals surface area contributed by atoms with Gasteiger partial charge in [-0.05, 0) is 31.3 Å². The molecule has 0 spiro atoms. The van der Waals surface area contributed by atoms with Crippen molar-refractivity contribution in [3.8, 4) is 0 Å². The molecule has 0 aliphatic rings. The third-order valence-corrected chi connectivity index (χ3v) is 1.19.